The van der Waals surface area contributed by atoms with Crippen molar-refractivity contribution in [1.82, 2.24) is 8.75 Å². The summed E-state index contributed by atoms with van der Waals surface area (Å²) in [6.45, 7) is 2.62. The van der Waals surface area contributed by atoms with Crippen LogP contribution in [0.5, 0.6) is 0 Å². The molecule has 14 heavy (non-hydrogen) atoms. The largest absolute Gasteiger partial charge is 0.466 e. The molecule has 0 amide bonds. The number of nitrogens with one attached hydrogen (secondary N) is 1. The number of carbonyl (C=O) groups is 1. The molecule has 0 radical (unpaired) electrons. The van der Waals surface area contributed by atoms with Crippen molar-refractivity contribution in [1.29, 1.82) is 0 Å². The summed E-state index contributed by atoms with van der Waals surface area (Å²) in [5.41, 5.74) is 0. The van der Waals surface area contributed by atoms with Gasteiger partial charge >= 0.3 is 5.97 Å². The minimum Gasteiger partial charge on any atom is -0.466 e. The number of aromatic nitrogens is 2. The maximum absolute atomic E-state index is 10.9. The summed E-state index contributed by atoms with van der Waals surface area (Å²) >= 11 is 6.70. The number of nitrogens with zero attached hydrogens (tertiary/aromatic N) is 2. The van der Waals surface area contributed by atoms with Gasteiger partial charge in [-0.3, -0.25) is 4.79 Å². The topological polar surface area (TPSA) is 64.1 Å². The molecule has 1 aromatic rings. The van der Waals surface area contributed by atoms with E-state index in [-0.39, 0.29) is 5.97 Å². The first-order chi connectivity index (χ1) is 6.74. The van der Waals surface area contributed by atoms with Gasteiger partial charge in [-0.1, -0.05) is 11.6 Å². The van der Waals surface area contributed by atoms with Crippen molar-refractivity contribution in [2.24, 2.45) is 0 Å². The number of rotatable bonds is 5. The highest BCUT2D eigenvalue weighted by atomic mass is 35.5. The summed E-state index contributed by atoms with van der Waals surface area (Å²) in [5, 5.41) is 3.22. The van der Waals surface area contributed by atoms with Crippen LogP contribution in [-0.4, -0.2) is 27.9 Å². The smallest absolute Gasteiger partial charge is 0.307 e. The molecular weight excluding hydrogens is 226 g/mol. The van der Waals surface area contributed by atoms with Crippen LogP contribution in [-0.2, 0) is 9.53 Å². The van der Waals surface area contributed by atoms with Crippen LogP contribution < -0.4 is 5.32 Å². The zero-order valence-electron chi connectivity index (χ0n) is 7.62. The van der Waals surface area contributed by atoms with Crippen LogP contribution in [0.25, 0.3) is 0 Å². The van der Waals surface area contributed by atoms with E-state index in [0.717, 1.165) is 11.7 Å². The van der Waals surface area contributed by atoms with Crippen LogP contribution >= 0.6 is 23.3 Å². The molecule has 0 atom stereocenters. The zero-order chi connectivity index (χ0) is 10.4. The summed E-state index contributed by atoms with van der Waals surface area (Å²) < 4.78 is 12.4. The number of hydrogen-bond acceptors (Lipinski definition) is 6. The monoisotopic (exact) mass is 235 g/mol. The normalized spacial score (nSPS) is 9.86. The molecule has 1 rings (SSSR count). The highest BCUT2D eigenvalue weighted by molar-refractivity contribution is 6.99. The lowest BCUT2D eigenvalue weighted by molar-refractivity contribution is -0.142. The van der Waals surface area contributed by atoms with Gasteiger partial charge in [0.1, 0.15) is 0 Å². The Morgan fingerprint density at radius 1 is 1.64 bits per heavy atom. The molecule has 0 bridgehead atoms. The first-order valence-corrected chi connectivity index (χ1v) is 5.22. The van der Waals surface area contributed by atoms with E-state index in [9.17, 15) is 4.79 Å². The Labute approximate surface area is 90.7 Å². The number of hydrogen-bond donors (Lipinski definition) is 1. The summed E-state index contributed by atoms with van der Waals surface area (Å²) in [6.07, 6.45) is 0.293. The van der Waals surface area contributed by atoms with Gasteiger partial charge in [-0.15, -0.1) is 0 Å². The van der Waals surface area contributed by atoms with E-state index in [2.05, 4.69) is 14.1 Å². The first kappa shape index (κ1) is 11.2. The third-order valence-corrected chi connectivity index (χ3v) is 2.27. The van der Waals surface area contributed by atoms with Gasteiger partial charge < -0.3 is 10.1 Å². The quantitative estimate of drug-likeness (QED) is 0.785. The average molecular weight is 236 g/mol. The number of ether oxygens (including phenoxy) is 1. The van der Waals surface area contributed by atoms with E-state index >= 15 is 0 Å². The molecule has 78 valence electrons. The minimum absolute atomic E-state index is 0.237. The molecule has 1 heterocycles. The molecule has 7 heteroatoms. The summed E-state index contributed by atoms with van der Waals surface area (Å²) in [5.74, 6) is 0.278. The van der Waals surface area contributed by atoms with Gasteiger partial charge in [-0.2, -0.15) is 8.75 Å². The van der Waals surface area contributed by atoms with Crippen LogP contribution in [0.15, 0.2) is 0 Å². The van der Waals surface area contributed by atoms with Crippen LogP contribution in [0.1, 0.15) is 13.3 Å². The van der Waals surface area contributed by atoms with E-state index < -0.39 is 0 Å². The molecule has 0 fully saturated rings. The predicted octanol–water partition coefficient (Wildman–Crippen LogP) is 1.56. The molecule has 0 aliphatic carbocycles. The summed E-state index contributed by atoms with van der Waals surface area (Å²) in [6, 6.07) is 0. The first-order valence-electron chi connectivity index (χ1n) is 4.11. The highest BCUT2D eigenvalue weighted by Gasteiger charge is 2.05. The maximum Gasteiger partial charge on any atom is 0.307 e. The standard InChI is InChI=1S/C7H10ClN3O2S/c1-2-13-5(12)3-4-9-7-6(8)10-14-11-7/h2-4H2,1H3,(H,9,11). The number of carbonyl (C=O) groups excluding carboxylic acids is 1. The van der Waals surface area contributed by atoms with Crippen molar-refractivity contribution in [3.63, 3.8) is 0 Å². The van der Waals surface area contributed by atoms with Crippen molar-refractivity contribution >= 4 is 35.1 Å². The molecule has 0 aromatic carbocycles. The van der Waals surface area contributed by atoms with Gasteiger partial charge in [-0.25, -0.2) is 0 Å². The van der Waals surface area contributed by atoms with E-state index in [1.54, 1.807) is 6.92 Å². The Hall–Kier alpha value is -0.880. The molecule has 5 nitrogen and oxygen atoms in total. The second-order valence-corrected chi connectivity index (χ2v) is 3.27. The molecule has 0 saturated heterocycles. The Bertz CT molecular complexity index is 305. The second kappa shape index (κ2) is 5.77. The average Bonchev–Trinajstić information content (AvgIpc) is 2.52. The van der Waals surface area contributed by atoms with Gasteiger partial charge in [0.25, 0.3) is 0 Å². The summed E-state index contributed by atoms with van der Waals surface area (Å²) in [4.78, 5) is 10.9. The van der Waals surface area contributed by atoms with Gasteiger partial charge in [0.15, 0.2) is 11.0 Å². The lowest BCUT2D eigenvalue weighted by atomic mass is 10.4. The molecule has 0 aliphatic rings. The third-order valence-electron chi connectivity index (χ3n) is 1.38. The molecule has 0 aliphatic heterocycles. The lowest BCUT2D eigenvalue weighted by Gasteiger charge is -2.02. The molecule has 1 aromatic heterocycles. The van der Waals surface area contributed by atoms with Gasteiger partial charge in [0.2, 0.25) is 0 Å². The second-order valence-electron chi connectivity index (χ2n) is 2.39. The third kappa shape index (κ3) is 3.47. The minimum atomic E-state index is -0.237. The number of anilines is 1. The predicted molar refractivity (Wildman–Crippen MR) is 54.7 cm³/mol. The van der Waals surface area contributed by atoms with Crippen molar-refractivity contribution in [3.8, 4) is 0 Å². The van der Waals surface area contributed by atoms with E-state index in [4.69, 9.17) is 16.3 Å². The van der Waals surface area contributed by atoms with E-state index in [0.29, 0.717) is 30.5 Å². The fraction of sp³-hybridized carbons (Fsp3) is 0.571. The van der Waals surface area contributed by atoms with Crippen molar-refractivity contribution in [2.45, 2.75) is 13.3 Å². The lowest BCUT2D eigenvalue weighted by Crippen LogP contribution is -2.11. The van der Waals surface area contributed by atoms with E-state index in [1.165, 1.54) is 0 Å². The van der Waals surface area contributed by atoms with E-state index in [1.807, 2.05) is 0 Å². The van der Waals surface area contributed by atoms with Crippen molar-refractivity contribution in [2.75, 3.05) is 18.5 Å². The fourth-order valence-corrected chi connectivity index (χ4v) is 1.48. The Kier molecular flexibility index (Phi) is 4.61. The van der Waals surface area contributed by atoms with Crippen LogP contribution in [0, 0.1) is 0 Å². The van der Waals surface area contributed by atoms with Crippen LogP contribution in [0.4, 0.5) is 5.82 Å². The van der Waals surface area contributed by atoms with Gasteiger partial charge in [-0.05, 0) is 6.92 Å². The number of esters is 1. The Morgan fingerprint density at radius 3 is 3.00 bits per heavy atom. The number of halogens is 1. The fourth-order valence-electron chi connectivity index (χ4n) is 0.799. The summed E-state index contributed by atoms with van der Waals surface area (Å²) in [7, 11) is 0. The SMILES string of the molecule is CCOC(=O)CCNc1nsnc1Cl. The molecule has 0 unspecified atom stereocenters. The Balaban J connectivity index is 2.22. The van der Waals surface area contributed by atoms with Crippen molar-refractivity contribution < 1.29 is 9.53 Å². The molecule has 0 spiro atoms. The highest BCUT2D eigenvalue weighted by Crippen LogP contribution is 2.17. The Morgan fingerprint density at radius 2 is 2.43 bits per heavy atom. The molecule has 0 saturated carbocycles. The molecular formula is C7H10ClN3O2S. The van der Waals surface area contributed by atoms with Crippen molar-refractivity contribution in [3.05, 3.63) is 5.15 Å². The zero-order valence-corrected chi connectivity index (χ0v) is 9.19. The van der Waals surface area contributed by atoms with Crippen LogP contribution in [0.2, 0.25) is 5.15 Å². The molecule has 1 N–H and O–H groups in total. The van der Waals surface area contributed by atoms with Gasteiger partial charge in [0, 0.05) is 6.54 Å². The van der Waals surface area contributed by atoms with Gasteiger partial charge in [0.05, 0.1) is 24.8 Å². The van der Waals surface area contributed by atoms with Crippen LogP contribution in [0.3, 0.4) is 0 Å². The maximum atomic E-state index is 10.9.